The molecular formula is C22H13ClN4O6S. The molecule has 4 rings (SSSR count). The lowest BCUT2D eigenvalue weighted by molar-refractivity contribution is -0.394. The van der Waals surface area contributed by atoms with Crippen LogP contribution < -0.4 is 10.1 Å². The number of nitro benzene ring substituents is 2. The summed E-state index contributed by atoms with van der Waals surface area (Å²) < 4.78 is 5.55. The predicted octanol–water partition coefficient (Wildman–Crippen LogP) is 5.84. The first-order valence-electron chi connectivity index (χ1n) is 9.55. The largest absolute Gasteiger partial charge is 0.450 e. The summed E-state index contributed by atoms with van der Waals surface area (Å²) in [4.78, 5) is 37.7. The third-order valence-electron chi connectivity index (χ3n) is 4.48. The molecule has 170 valence electrons. The van der Waals surface area contributed by atoms with Gasteiger partial charge in [-0.1, -0.05) is 35.9 Å². The molecule has 10 nitrogen and oxygen atoms in total. The van der Waals surface area contributed by atoms with Gasteiger partial charge in [-0.15, -0.1) is 0 Å². The third kappa shape index (κ3) is 5.22. The van der Waals surface area contributed by atoms with Crippen molar-refractivity contribution >= 4 is 57.6 Å². The third-order valence-corrected chi connectivity index (χ3v) is 5.71. The zero-order valence-corrected chi connectivity index (χ0v) is 18.6. The van der Waals surface area contributed by atoms with Crippen LogP contribution in [0.4, 0.5) is 17.1 Å². The zero-order valence-electron chi connectivity index (χ0n) is 17.0. The molecule has 0 radical (unpaired) electrons. The summed E-state index contributed by atoms with van der Waals surface area (Å²) in [6.07, 6.45) is 1.66. The highest BCUT2D eigenvalue weighted by Crippen LogP contribution is 2.35. The Kier molecular flexibility index (Phi) is 6.57. The number of para-hydroxylation sites is 1. The molecule has 1 amide bonds. The van der Waals surface area contributed by atoms with Gasteiger partial charge >= 0.3 is 5.69 Å². The van der Waals surface area contributed by atoms with Gasteiger partial charge in [0.15, 0.2) is 5.17 Å². The Hall–Kier alpha value is -4.22. The average Bonchev–Trinajstić information content (AvgIpc) is 3.15. The van der Waals surface area contributed by atoms with Gasteiger partial charge in [0, 0.05) is 6.07 Å². The van der Waals surface area contributed by atoms with E-state index in [0.29, 0.717) is 26.3 Å². The van der Waals surface area contributed by atoms with Crippen molar-refractivity contribution in [3.8, 4) is 11.5 Å². The Morgan fingerprint density at radius 2 is 1.74 bits per heavy atom. The SMILES string of the molecule is O=C1NC(=Nc2ccccc2Cl)S/C1=C\c1ccc(Oc2ccc([N+](=O)[O-])cc2[N+](=O)[O-])cc1. The first-order valence-corrected chi connectivity index (χ1v) is 10.7. The summed E-state index contributed by atoms with van der Waals surface area (Å²) in [6.45, 7) is 0. The molecule has 3 aromatic carbocycles. The lowest BCUT2D eigenvalue weighted by Crippen LogP contribution is -2.19. The number of hydrogen-bond acceptors (Lipinski definition) is 8. The number of nitrogens with one attached hydrogen (secondary N) is 1. The fraction of sp³-hybridized carbons (Fsp3) is 0. The van der Waals surface area contributed by atoms with Crippen LogP contribution in [-0.2, 0) is 4.79 Å². The van der Waals surface area contributed by atoms with Crippen molar-refractivity contribution < 1.29 is 19.4 Å². The number of nitrogens with zero attached hydrogens (tertiary/aromatic N) is 3. The molecule has 1 aliphatic heterocycles. The average molecular weight is 497 g/mol. The summed E-state index contributed by atoms with van der Waals surface area (Å²) in [5.74, 6) is -0.158. The van der Waals surface area contributed by atoms with Gasteiger partial charge in [-0.2, -0.15) is 0 Å². The lowest BCUT2D eigenvalue weighted by atomic mass is 10.2. The summed E-state index contributed by atoms with van der Waals surface area (Å²) in [6, 6.07) is 16.6. The normalized spacial score (nSPS) is 15.4. The van der Waals surface area contributed by atoms with Gasteiger partial charge in [-0.05, 0) is 53.7 Å². The zero-order chi connectivity index (χ0) is 24.2. The standard InChI is InChI=1S/C22H13ClN4O6S/c23-16-3-1-2-4-17(16)24-22-25-21(28)20(34-22)11-13-5-8-15(9-6-13)33-19-10-7-14(26(29)30)12-18(19)27(31)32/h1-12H,(H,24,25,28)/b20-11-. The molecule has 12 heteroatoms. The number of hydrogen-bond donors (Lipinski definition) is 1. The van der Waals surface area contributed by atoms with E-state index in [0.717, 1.165) is 23.9 Å². The molecule has 0 aromatic heterocycles. The molecule has 3 aromatic rings. The van der Waals surface area contributed by atoms with Gasteiger partial charge < -0.3 is 10.1 Å². The second-order valence-corrected chi connectivity index (χ2v) is 8.21. The Morgan fingerprint density at radius 3 is 2.41 bits per heavy atom. The maximum Gasteiger partial charge on any atom is 0.318 e. The number of benzene rings is 3. The first kappa shape index (κ1) is 23.0. The molecule has 0 atom stereocenters. The fourth-order valence-corrected chi connectivity index (χ4v) is 3.90. The highest BCUT2D eigenvalue weighted by molar-refractivity contribution is 8.18. The van der Waals surface area contributed by atoms with Gasteiger partial charge in [0.1, 0.15) is 5.75 Å². The molecule has 0 bridgehead atoms. The van der Waals surface area contributed by atoms with E-state index >= 15 is 0 Å². The highest BCUT2D eigenvalue weighted by atomic mass is 35.5. The minimum absolute atomic E-state index is 0.132. The number of carbonyl (C=O) groups excluding carboxylic acids is 1. The minimum atomic E-state index is -0.751. The molecular weight excluding hydrogens is 484 g/mol. The molecule has 0 aliphatic carbocycles. The van der Waals surface area contributed by atoms with Crippen molar-refractivity contribution in [2.24, 2.45) is 4.99 Å². The smallest absolute Gasteiger partial charge is 0.318 e. The first-order chi connectivity index (χ1) is 16.3. The second kappa shape index (κ2) is 9.73. The maximum atomic E-state index is 12.3. The van der Waals surface area contributed by atoms with Crippen molar-refractivity contribution in [3.05, 3.63) is 102 Å². The Bertz CT molecular complexity index is 1370. The van der Waals surface area contributed by atoms with Crippen LogP contribution in [-0.4, -0.2) is 20.9 Å². The number of rotatable bonds is 6. The molecule has 1 heterocycles. The van der Waals surface area contributed by atoms with E-state index in [2.05, 4.69) is 10.3 Å². The van der Waals surface area contributed by atoms with Crippen LogP contribution in [0, 0.1) is 20.2 Å². The van der Waals surface area contributed by atoms with Crippen LogP contribution in [0.1, 0.15) is 5.56 Å². The van der Waals surface area contributed by atoms with Crippen LogP contribution >= 0.6 is 23.4 Å². The molecule has 0 saturated carbocycles. The predicted molar refractivity (Wildman–Crippen MR) is 129 cm³/mol. The Balaban J connectivity index is 1.50. The number of non-ortho nitro benzene ring substituents is 1. The molecule has 1 N–H and O–H groups in total. The maximum absolute atomic E-state index is 12.3. The van der Waals surface area contributed by atoms with Crippen molar-refractivity contribution in [1.29, 1.82) is 0 Å². The van der Waals surface area contributed by atoms with Gasteiger partial charge in [0.2, 0.25) is 5.75 Å². The minimum Gasteiger partial charge on any atom is -0.450 e. The fourth-order valence-electron chi connectivity index (χ4n) is 2.89. The van der Waals surface area contributed by atoms with Crippen molar-refractivity contribution in [1.82, 2.24) is 5.32 Å². The van der Waals surface area contributed by atoms with Gasteiger partial charge in [0.25, 0.3) is 11.6 Å². The van der Waals surface area contributed by atoms with Crippen LogP contribution in [0.25, 0.3) is 6.08 Å². The van der Waals surface area contributed by atoms with E-state index in [9.17, 15) is 25.0 Å². The summed E-state index contributed by atoms with van der Waals surface area (Å²) in [5, 5.41) is 25.7. The van der Waals surface area contributed by atoms with Gasteiger partial charge in [-0.25, -0.2) is 4.99 Å². The lowest BCUT2D eigenvalue weighted by Gasteiger charge is -2.06. The van der Waals surface area contributed by atoms with E-state index in [4.69, 9.17) is 16.3 Å². The van der Waals surface area contributed by atoms with Crippen LogP contribution in [0.3, 0.4) is 0 Å². The molecule has 1 fully saturated rings. The number of carbonyl (C=O) groups is 1. The Labute approximate surface area is 201 Å². The quantitative estimate of drug-likeness (QED) is 0.257. The van der Waals surface area contributed by atoms with Crippen LogP contribution in [0.15, 0.2) is 76.6 Å². The number of halogens is 1. The van der Waals surface area contributed by atoms with Crippen LogP contribution in [0.5, 0.6) is 11.5 Å². The number of amides is 1. The number of ether oxygens (including phenoxy) is 1. The van der Waals surface area contributed by atoms with E-state index in [1.807, 2.05) is 0 Å². The monoisotopic (exact) mass is 496 g/mol. The highest BCUT2D eigenvalue weighted by Gasteiger charge is 2.24. The summed E-state index contributed by atoms with van der Waals surface area (Å²) in [7, 11) is 0. The van der Waals surface area contributed by atoms with Crippen molar-refractivity contribution in [3.63, 3.8) is 0 Å². The number of aliphatic imine (C=N–C) groups is 1. The van der Waals surface area contributed by atoms with E-state index in [-0.39, 0.29) is 17.4 Å². The van der Waals surface area contributed by atoms with E-state index in [1.54, 1.807) is 54.6 Å². The summed E-state index contributed by atoms with van der Waals surface area (Å²) >= 11 is 7.27. The van der Waals surface area contributed by atoms with E-state index < -0.39 is 21.2 Å². The van der Waals surface area contributed by atoms with Crippen molar-refractivity contribution in [2.45, 2.75) is 0 Å². The Morgan fingerprint density at radius 1 is 1.00 bits per heavy atom. The van der Waals surface area contributed by atoms with E-state index in [1.165, 1.54) is 6.07 Å². The van der Waals surface area contributed by atoms with Crippen LogP contribution in [0.2, 0.25) is 5.02 Å². The number of thioether (sulfide) groups is 1. The molecule has 1 saturated heterocycles. The molecule has 0 spiro atoms. The van der Waals surface area contributed by atoms with Crippen molar-refractivity contribution in [2.75, 3.05) is 0 Å². The van der Waals surface area contributed by atoms with Gasteiger partial charge in [0.05, 0.1) is 31.5 Å². The second-order valence-electron chi connectivity index (χ2n) is 6.77. The topological polar surface area (TPSA) is 137 Å². The molecule has 34 heavy (non-hydrogen) atoms. The number of nitro groups is 2. The molecule has 1 aliphatic rings. The summed E-state index contributed by atoms with van der Waals surface area (Å²) in [5.41, 5.74) is 0.285. The van der Waals surface area contributed by atoms with Gasteiger partial charge in [-0.3, -0.25) is 25.0 Å². The number of amidine groups is 1. The molecule has 0 unspecified atom stereocenters.